The van der Waals surface area contributed by atoms with Crippen LogP contribution in [-0.4, -0.2) is 20.1 Å². The Morgan fingerprint density at radius 3 is 2.54 bits per heavy atom. The van der Waals surface area contributed by atoms with Crippen molar-refractivity contribution in [2.45, 2.75) is 26.8 Å². The Labute approximate surface area is 168 Å². The van der Waals surface area contributed by atoms with Gasteiger partial charge in [-0.15, -0.1) is 5.10 Å². The van der Waals surface area contributed by atoms with Gasteiger partial charge in [0, 0.05) is 17.0 Å². The largest absolute Gasteiger partial charge is 0.351 e. The van der Waals surface area contributed by atoms with Crippen LogP contribution >= 0.6 is 11.6 Å². The van der Waals surface area contributed by atoms with E-state index in [1.54, 1.807) is 36.4 Å². The number of halogens is 1. The average Bonchev–Trinajstić information content (AvgIpc) is 2.98. The molecule has 28 heavy (non-hydrogen) atoms. The number of aromatic nitrogens is 3. The molecule has 0 atom stereocenters. The van der Waals surface area contributed by atoms with E-state index in [0.717, 1.165) is 5.56 Å². The van der Waals surface area contributed by atoms with Crippen molar-refractivity contribution in [3.05, 3.63) is 76.2 Å². The molecule has 0 saturated heterocycles. The Morgan fingerprint density at radius 2 is 1.93 bits per heavy atom. The molecular weight excluding hydrogens is 374 g/mol. The third kappa shape index (κ3) is 4.31. The van der Waals surface area contributed by atoms with Crippen molar-refractivity contribution in [1.29, 1.82) is 0 Å². The summed E-state index contributed by atoms with van der Waals surface area (Å²) in [6.45, 7) is 7.66. The predicted molar refractivity (Wildman–Crippen MR) is 113 cm³/mol. The lowest BCUT2D eigenvalue weighted by Crippen LogP contribution is -2.27. The molecule has 0 N–H and O–H groups in total. The predicted octanol–water partition coefficient (Wildman–Crippen LogP) is 4.61. The number of ketones is 1. The zero-order valence-corrected chi connectivity index (χ0v) is 16.7. The van der Waals surface area contributed by atoms with Crippen LogP contribution in [0.1, 0.15) is 25.8 Å². The fourth-order valence-corrected chi connectivity index (χ4v) is 3.19. The van der Waals surface area contributed by atoms with Crippen molar-refractivity contribution < 1.29 is 4.79 Å². The molecule has 0 aliphatic rings. The molecule has 3 rings (SSSR count). The van der Waals surface area contributed by atoms with Crippen LogP contribution in [0.2, 0.25) is 5.02 Å². The van der Waals surface area contributed by atoms with E-state index in [1.807, 2.05) is 32.0 Å². The maximum absolute atomic E-state index is 13.1. The van der Waals surface area contributed by atoms with Gasteiger partial charge in [-0.25, -0.2) is 4.79 Å². The Balaban J connectivity index is 2.12. The monoisotopic (exact) mass is 395 g/mol. The van der Waals surface area contributed by atoms with Gasteiger partial charge in [0.15, 0.2) is 11.6 Å². The fraction of sp³-hybridized carbons (Fsp3) is 0.227. The number of carbonyl (C=O) groups excluding carboxylic acids is 1. The Morgan fingerprint density at radius 1 is 1.21 bits per heavy atom. The first-order valence-electron chi connectivity index (χ1n) is 9.09. The molecule has 0 radical (unpaired) electrons. The van der Waals surface area contributed by atoms with Gasteiger partial charge in [0.05, 0.1) is 12.2 Å². The van der Waals surface area contributed by atoms with E-state index in [9.17, 15) is 9.59 Å². The molecule has 1 heterocycles. The Kier molecular flexibility index (Phi) is 5.95. The molecule has 0 spiro atoms. The van der Waals surface area contributed by atoms with E-state index in [-0.39, 0.29) is 23.9 Å². The quantitative estimate of drug-likeness (QED) is 0.586. The molecule has 0 fully saturated rings. The number of Topliss-reactive ketones (excluding diaryl/α,β-unsaturated/α-hetero) is 1. The normalized spacial score (nSPS) is 11.0. The highest BCUT2D eigenvalue weighted by Gasteiger charge is 2.19. The first kappa shape index (κ1) is 19.8. The SMILES string of the molecule is C=Cc1ccc(-n2nc(-c3cccc(Cl)c3)n(CC(=O)CC(C)C)c2=O)cc1. The maximum Gasteiger partial charge on any atom is 0.351 e. The molecule has 6 heteroatoms. The molecular formula is C22H22ClN3O2. The molecule has 3 aromatic rings. The first-order chi connectivity index (χ1) is 13.4. The van der Waals surface area contributed by atoms with Gasteiger partial charge >= 0.3 is 5.69 Å². The highest BCUT2D eigenvalue weighted by molar-refractivity contribution is 6.30. The van der Waals surface area contributed by atoms with Crippen molar-refractivity contribution in [1.82, 2.24) is 14.3 Å². The van der Waals surface area contributed by atoms with E-state index in [2.05, 4.69) is 11.7 Å². The summed E-state index contributed by atoms with van der Waals surface area (Å²) >= 11 is 6.12. The minimum absolute atomic E-state index is 0.0121. The van der Waals surface area contributed by atoms with Crippen molar-refractivity contribution in [3.63, 3.8) is 0 Å². The fourth-order valence-electron chi connectivity index (χ4n) is 3.00. The number of carbonyl (C=O) groups is 1. The Bertz CT molecular complexity index is 1060. The molecule has 0 bridgehead atoms. The second-order valence-corrected chi connectivity index (χ2v) is 7.48. The van der Waals surface area contributed by atoms with Gasteiger partial charge in [-0.05, 0) is 35.7 Å². The summed E-state index contributed by atoms with van der Waals surface area (Å²) in [5, 5.41) is 5.05. The highest BCUT2D eigenvalue weighted by Crippen LogP contribution is 2.21. The number of nitrogens with zero attached hydrogens (tertiary/aromatic N) is 3. The molecule has 0 saturated carbocycles. The van der Waals surface area contributed by atoms with Gasteiger partial charge in [0.25, 0.3) is 0 Å². The standard InChI is InChI=1S/C22H22ClN3O2/c1-4-16-8-10-19(11-9-16)26-22(28)25(14-20(27)12-15(2)3)21(24-26)17-6-5-7-18(23)13-17/h4-11,13,15H,1,12,14H2,2-3H3. The topological polar surface area (TPSA) is 56.9 Å². The van der Waals surface area contributed by atoms with Gasteiger partial charge in [-0.1, -0.05) is 62.4 Å². The van der Waals surface area contributed by atoms with E-state index < -0.39 is 0 Å². The van der Waals surface area contributed by atoms with Gasteiger partial charge in [0.2, 0.25) is 0 Å². The van der Waals surface area contributed by atoms with Crippen LogP contribution in [0.5, 0.6) is 0 Å². The average molecular weight is 396 g/mol. The van der Waals surface area contributed by atoms with Gasteiger partial charge in [-0.3, -0.25) is 9.36 Å². The van der Waals surface area contributed by atoms with Gasteiger partial charge in [0.1, 0.15) is 0 Å². The van der Waals surface area contributed by atoms with Crippen LogP contribution in [0, 0.1) is 5.92 Å². The third-order valence-corrected chi connectivity index (χ3v) is 4.52. The summed E-state index contributed by atoms with van der Waals surface area (Å²) in [5.74, 6) is 0.624. The maximum atomic E-state index is 13.1. The van der Waals surface area contributed by atoms with E-state index in [4.69, 9.17) is 11.6 Å². The summed E-state index contributed by atoms with van der Waals surface area (Å²) in [6.07, 6.45) is 2.13. The molecule has 0 aliphatic carbocycles. The lowest BCUT2D eigenvalue weighted by Gasteiger charge is -2.07. The van der Waals surface area contributed by atoms with Crippen LogP contribution in [0.4, 0.5) is 0 Å². The van der Waals surface area contributed by atoms with Gasteiger partial charge in [-0.2, -0.15) is 4.68 Å². The minimum atomic E-state index is -0.363. The number of benzene rings is 2. The molecule has 2 aromatic carbocycles. The lowest BCUT2D eigenvalue weighted by atomic mass is 10.1. The van der Waals surface area contributed by atoms with Crippen molar-refractivity contribution in [3.8, 4) is 17.1 Å². The van der Waals surface area contributed by atoms with Crippen molar-refractivity contribution >= 4 is 23.5 Å². The molecule has 144 valence electrons. The highest BCUT2D eigenvalue weighted by atomic mass is 35.5. The summed E-state index contributed by atoms with van der Waals surface area (Å²) < 4.78 is 2.73. The van der Waals surface area contributed by atoms with E-state index >= 15 is 0 Å². The van der Waals surface area contributed by atoms with Crippen LogP contribution in [0.25, 0.3) is 23.2 Å². The molecule has 0 aliphatic heterocycles. The second kappa shape index (κ2) is 8.40. The van der Waals surface area contributed by atoms with Crippen molar-refractivity contribution in [2.24, 2.45) is 5.92 Å². The zero-order chi connectivity index (χ0) is 20.3. The molecule has 0 amide bonds. The molecule has 0 unspecified atom stereocenters. The van der Waals surface area contributed by atoms with Gasteiger partial charge < -0.3 is 0 Å². The lowest BCUT2D eigenvalue weighted by molar-refractivity contribution is -0.120. The van der Waals surface area contributed by atoms with Crippen LogP contribution < -0.4 is 5.69 Å². The smallest absolute Gasteiger partial charge is 0.298 e. The third-order valence-electron chi connectivity index (χ3n) is 4.29. The first-order valence-corrected chi connectivity index (χ1v) is 9.47. The molecule has 1 aromatic heterocycles. The summed E-state index contributed by atoms with van der Waals surface area (Å²) in [7, 11) is 0. The Hall–Kier alpha value is -2.92. The van der Waals surface area contributed by atoms with E-state index in [0.29, 0.717) is 28.5 Å². The second-order valence-electron chi connectivity index (χ2n) is 7.05. The summed E-state index contributed by atoms with van der Waals surface area (Å²) in [4.78, 5) is 25.5. The summed E-state index contributed by atoms with van der Waals surface area (Å²) in [6, 6.07) is 14.4. The zero-order valence-electron chi connectivity index (χ0n) is 15.9. The van der Waals surface area contributed by atoms with Crippen LogP contribution in [0.3, 0.4) is 0 Å². The number of rotatable bonds is 7. The number of hydrogen-bond donors (Lipinski definition) is 0. The number of hydrogen-bond acceptors (Lipinski definition) is 3. The molecule has 5 nitrogen and oxygen atoms in total. The van der Waals surface area contributed by atoms with E-state index in [1.165, 1.54) is 9.25 Å². The minimum Gasteiger partial charge on any atom is -0.298 e. The van der Waals surface area contributed by atoms with Crippen molar-refractivity contribution in [2.75, 3.05) is 0 Å². The van der Waals surface area contributed by atoms with Crippen LogP contribution in [0.15, 0.2) is 59.9 Å². The summed E-state index contributed by atoms with van der Waals surface area (Å²) in [5.41, 5.74) is 1.88. The van der Waals surface area contributed by atoms with Crippen LogP contribution in [-0.2, 0) is 11.3 Å².